The molecule has 0 aliphatic heterocycles. The van der Waals surface area contributed by atoms with Crippen LogP contribution < -0.4 is 10.1 Å². The molecular weight excluding hydrogens is 509 g/mol. The molecule has 1 amide bonds. The lowest BCUT2D eigenvalue weighted by molar-refractivity contribution is -0.142. The Morgan fingerprint density at radius 2 is 1.61 bits per heavy atom. The molecule has 200 valence electrons. The highest BCUT2D eigenvalue weighted by molar-refractivity contribution is 7.93. The van der Waals surface area contributed by atoms with Crippen LogP contribution in [0.5, 0.6) is 5.75 Å². The summed E-state index contributed by atoms with van der Waals surface area (Å²) < 4.78 is 44.4. The highest BCUT2D eigenvalue weighted by Gasteiger charge is 2.52. The van der Waals surface area contributed by atoms with E-state index in [9.17, 15) is 27.5 Å². The van der Waals surface area contributed by atoms with E-state index in [2.05, 4.69) is 5.32 Å². The Bertz CT molecular complexity index is 1400. The van der Waals surface area contributed by atoms with E-state index < -0.39 is 38.3 Å². The molecule has 38 heavy (non-hydrogen) atoms. The number of sulfone groups is 1. The van der Waals surface area contributed by atoms with E-state index in [0.29, 0.717) is 24.2 Å². The van der Waals surface area contributed by atoms with Gasteiger partial charge in [-0.15, -0.1) is 0 Å². The number of aliphatic carboxylic acids is 1. The van der Waals surface area contributed by atoms with E-state index in [-0.39, 0.29) is 24.2 Å². The number of methoxy groups -OCH3 is 1. The number of carbonyl (C=O) groups is 2. The molecule has 1 fully saturated rings. The number of carboxylic acids is 1. The monoisotopic (exact) mass is 539 g/mol. The van der Waals surface area contributed by atoms with Crippen molar-refractivity contribution in [2.24, 2.45) is 0 Å². The van der Waals surface area contributed by atoms with Gasteiger partial charge in [0.1, 0.15) is 17.6 Å². The van der Waals surface area contributed by atoms with E-state index in [1.807, 2.05) is 36.4 Å². The maximum Gasteiger partial charge on any atom is 0.326 e. The molecule has 1 aliphatic rings. The lowest BCUT2D eigenvalue weighted by atomic mass is 9.87. The number of carbonyl (C=O) groups excluding carboxylic acids is 1. The Morgan fingerprint density at radius 1 is 0.974 bits per heavy atom. The molecule has 1 atom stereocenters. The largest absolute Gasteiger partial charge is 0.496 e. The van der Waals surface area contributed by atoms with E-state index >= 15 is 0 Å². The van der Waals surface area contributed by atoms with Gasteiger partial charge in [0.25, 0.3) is 0 Å². The van der Waals surface area contributed by atoms with E-state index in [1.54, 1.807) is 19.2 Å². The van der Waals surface area contributed by atoms with Crippen LogP contribution in [0.2, 0.25) is 0 Å². The fourth-order valence-corrected chi connectivity index (χ4v) is 7.08. The topological polar surface area (TPSA) is 110 Å². The van der Waals surface area contributed by atoms with Gasteiger partial charge < -0.3 is 15.2 Å². The van der Waals surface area contributed by atoms with Crippen molar-refractivity contribution in [3.05, 3.63) is 84.2 Å². The lowest BCUT2D eigenvalue weighted by Gasteiger charge is -2.36. The Balaban J connectivity index is 1.57. The van der Waals surface area contributed by atoms with Gasteiger partial charge in [-0.25, -0.2) is 17.6 Å². The standard InChI is InChI=1S/C29H30FNO6S/c1-37-26-8-4-3-7-24(26)21-11-9-20(10-12-21)19-25(27(32)33)31-28(34)29(17-5-2-6-18-29)38(35,36)23-15-13-22(30)14-16-23/h3-4,7-16,25H,2,5-6,17-19H2,1H3,(H,31,34)(H,32,33)/t25-/m0/s1. The normalized spacial score (nSPS) is 15.8. The zero-order valence-corrected chi connectivity index (χ0v) is 21.8. The number of nitrogens with one attached hydrogen (secondary N) is 1. The maximum atomic E-state index is 13.7. The second kappa shape index (κ2) is 11.3. The first-order chi connectivity index (χ1) is 18.2. The summed E-state index contributed by atoms with van der Waals surface area (Å²) in [6, 6.07) is 17.8. The Kier molecular flexibility index (Phi) is 8.16. The summed E-state index contributed by atoms with van der Waals surface area (Å²) in [5.41, 5.74) is 2.43. The van der Waals surface area contributed by atoms with Crippen molar-refractivity contribution >= 4 is 21.7 Å². The highest BCUT2D eigenvalue weighted by Crippen LogP contribution is 2.39. The third-order valence-corrected chi connectivity index (χ3v) is 9.64. The summed E-state index contributed by atoms with van der Waals surface area (Å²) in [4.78, 5) is 25.6. The minimum absolute atomic E-state index is 0.0278. The van der Waals surface area contributed by atoms with Crippen LogP contribution in [0.15, 0.2) is 77.7 Å². The molecule has 7 nitrogen and oxygen atoms in total. The van der Waals surface area contributed by atoms with Crippen LogP contribution in [0, 0.1) is 5.82 Å². The van der Waals surface area contributed by atoms with Gasteiger partial charge >= 0.3 is 5.97 Å². The second-order valence-corrected chi connectivity index (χ2v) is 11.7. The predicted molar refractivity (Wildman–Crippen MR) is 141 cm³/mol. The molecule has 0 unspecified atom stereocenters. The van der Waals surface area contributed by atoms with Crippen LogP contribution in [0.1, 0.15) is 37.7 Å². The van der Waals surface area contributed by atoms with Crippen LogP contribution in [0.3, 0.4) is 0 Å². The number of carboxylic acid groups (broad SMARTS) is 1. The smallest absolute Gasteiger partial charge is 0.326 e. The van der Waals surface area contributed by atoms with E-state index in [1.165, 1.54) is 0 Å². The number of rotatable bonds is 9. The van der Waals surface area contributed by atoms with Crippen molar-refractivity contribution < 1.29 is 32.2 Å². The first-order valence-electron chi connectivity index (χ1n) is 12.4. The average Bonchev–Trinajstić information content (AvgIpc) is 2.93. The van der Waals surface area contributed by atoms with Gasteiger partial charge in [0, 0.05) is 12.0 Å². The average molecular weight is 540 g/mol. The van der Waals surface area contributed by atoms with Crippen molar-refractivity contribution in [1.82, 2.24) is 5.32 Å². The molecule has 2 N–H and O–H groups in total. The lowest BCUT2D eigenvalue weighted by Crippen LogP contribution is -2.57. The van der Waals surface area contributed by atoms with Gasteiger partial charge in [0.15, 0.2) is 14.6 Å². The summed E-state index contributed by atoms with van der Waals surface area (Å²) in [5, 5.41) is 12.4. The molecule has 3 aromatic rings. The van der Waals surface area contributed by atoms with Crippen LogP contribution in [0.25, 0.3) is 11.1 Å². The van der Waals surface area contributed by atoms with Gasteiger partial charge in [0.05, 0.1) is 12.0 Å². The summed E-state index contributed by atoms with van der Waals surface area (Å²) in [5.74, 6) is -1.98. The molecule has 4 rings (SSSR count). The minimum Gasteiger partial charge on any atom is -0.496 e. The SMILES string of the molecule is COc1ccccc1-c1ccc(C[C@H](NC(=O)C2(S(=O)(=O)c3ccc(F)cc3)CCCCC2)C(=O)O)cc1. The van der Waals surface area contributed by atoms with Crippen LogP contribution in [-0.2, 0) is 25.8 Å². The molecule has 0 saturated heterocycles. The summed E-state index contributed by atoms with van der Waals surface area (Å²) in [6.45, 7) is 0. The van der Waals surface area contributed by atoms with Gasteiger partial charge in [-0.1, -0.05) is 61.7 Å². The second-order valence-electron chi connectivity index (χ2n) is 9.48. The number of hydrogen-bond acceptors (Lipinski definition) is 5. The molecule has 0 spiro atoms. The summed E-state index contributed by atoms with van der Waals surface area (Å²) in [6.07, 6.45) is 1.90. The molecule has 9 heteroatoms. The fourth-order valence-electron chi connectivity index (χ4n) is 5.01. The summed E-state index contributed by atoms with van der Waals surface area (Å²) >= 11 is 0. The predicted octanol–water partition coefficient (Wildman–Crippen LogP) is 4.79. The first-order valence-corrected chi connectivity index (χ1v) is 13.9. The number of para-hydroxylation sites is 1. The Morgan fingerprint density at radius 3 is 2.21 bits per heavy atom. The molecule has 0 aromatic heterocycles. The van der Waals surface area contributed by atoms with Crippen molar-refractivity contribution in [3.8, 4) is 16.9 Å². The molecule has 3 aromatic carbocycles. The van der Waals surface area contributed by atoms with Crippen LogP contribution >= 0.6 is 0 Å². The van der Waals surface area contributed by atoms with Gasteiger partial charge in [-0.2, -0.15) is 0 Å². The number of halogens is 1. The number of hydrogen-bond donors (Lipinski definition) is 2. The molecular formula is C29H30FNO6S. The number of benzene rings is 3. The van der Waals surface area contributed by atoms with Gasteiger partial charge in [-0.05, 0) is 54.3 Å². The third-order valence-electron chi connectivity index (χ3n) is 7.13. The van der Waals surface area contributed by atoms with Crippen LogP contribution in [0.4, 0.5) is 4.39 Å². The van der Waals surface area contributed by atoms with Gasteiger partial charge in [-0.3, -0.25) is 4.79 Å². The van der Waals surface area contributed by atoms with Crippen molar-refractivity contribution in [2.75, 3.05) is 7.11 Å². The minimum atomic E-state index is -4.21. The fraction of sp³-hybridized carbons (Fsp3) is 0.310. The Hall–Kier alpha value is -3.72. The van der Waals surface area contributed by atoms with Crippen molar-refractivity contribution in [2.45, 2.75) is 54.2 Å². The quantitative estimate of drug-likeness (QED) is 0.379. The zero-order chi connectivity index (χ0) is 27.3. The maximum absolute atomic E-state index is 13.7. The number of ether oxygens (including phenoxy) is 1. The van der Waals surface area contributed by atoms with E-state index in [4.69, 9.17) is 4.74 Å². The molecule has 0 heterocycles. The van der Waals surface area contributed by atoms with E-state index in [0.717, 1.165) is 41.8 Å². The Labute approximate surface area is 221 Å². The third kappa shape index (κ3) is 5.43. The molecule has 1 saturated carbocycles. The van der Waals surface area contributed by atoms with Crippen molar-refractivity contribution in [1.29, 1.82) is 0 Å². The number of amides is 1. The molecule has 1 aliphatic carbocycles. The van der Waals surface area contributed by atoms with Crippen molar-refractivity contribution in [3.63, 3.8) is 0 Å². The summed E-state index contributed by atoms with van der Waals surface area (Å²) in [7, 11) is -2.62. The van der Waals surface area contributed by atoms with Crippen LogP contribution in [-0.4, -0.2) is 43.3 Å². The molecule has 0 bridgehead atoms. The zero-order valence-electron chi connectivity index (χ0n) is 21.0. The van der Waals surface area contributed by atoms with Gasteiger partial charge in [0.2, 0.25) is 5.91 Å². The highest BCUT2D eigenvalue weighted by atomic mass is 32.2. The molecule has 0 radical (unpaired) electrons. The first kappa shape index (κ1) is 27.3.